The standard InChI is InChI=1S/C16H24N2O2/c19-16(7-6-14-8-9-17-12-14)18-10-11-20-13-15-4-2-1-3-5-15/h1-5,14,17H,6-13H2,(H,18,19). The van der Waals surface area contributed by atoms with Gasteiger partial charge in [0.05, 0.1) is 13.2 Å². The third kappa shape index (κ3) is 5.72. The van der Waals surface area contributed by atoms with Crippen LogP contribution in [0.2, 0.25) is 0 Å². The Morgan fingerprint density at radius 2 is 2.20 bits per heavy atom. The van der Waals surface area contributed by atoms with E-state index in [1.807, 2.05) is 30.3 Å². The molecule has 2 N–H and O–H groups in total. The molecule has 1 fully saturated rings. The van der Waals surface area contributed by atoms with E-state index in [4.69, 9.17) is 4.74 Å². The number of rotatable bonds is 8. The van der Waals surface area contributed by atoms with Crippen LogP contribution in [0.1, 0.15) is 24.8 Å². The lowest BCUT2D eigenvalue weighted by Gasteiger charge is -2.09. The number of amides is 1. The molecule has 0 saturated carbocycles. The van der Waals surface area contributed by atoms with Crippen LogP contribution < -0.4 is 10.6 Å². The minimum absolute atomic E-state index is 0.139. The first-order valence-electron chi connectivity index (χ1n) is 7.43. The second-order valence-corrected chi connectivity index (χ2v) is 5.29. The number of hydrogen-bond donors (Lipinski definition) is 2. The highest BCUT2D eigenvalue weighted by molar-refractivity contribution is 5.75. The minimum Gasteiger partial charge on any atom is -0.375 e. The summed E-state index contributed by atoms with van der Waals surface area (Å²) >= 11 is 0. The van der Waals surface area contributed by atoms with Crippen molar-refractivity contribution in [3.63, 3.8) is 0 Å². The van der Waals surface area contributed by atoms with Gasteiger partial charge in [0, 0.05) is 13.0 Å². The molecule has 0 bridgehead atoms. The summed E-state index contributed by atoms with van der Waals surface area (Å²) in [5.74, 6) is 0.815. The molecular formula is C16H24N2O2. The maximum Gasteiger partial charge on any atom is 0.220 e. The number of carbonyl (C=O) groups is 1. The van der Waals surface area contributed by atoms with E-state index in [-0.39, 0.29) is 5.91 Å². The Morgan fingerprint density at radius 1 is 1.35 bits per heavy atom. The van der Waals surface area contributed by atoms with Gasteiger partial charge in [0.25, 0.3) is 0 Å². The van der Waals surface area contributed by atoms with Crippen molar-refractivity contribution in [2.24, 2.45) is 5.92 Å². The highest BCUT2D eigenvalue weighted by Gasteiger charge is 2.15. The summed E-state index contributed by atoms with van der Waals surface area (Å²) in [5.41, 5.74) is 1.16. The molecule has 1 aromatic rings. The molecule has 110 valence electrons. The quantitative estimate of drug-likeness (QED) is 0.711. The Hall–Kier alpha value is -1.39. The average Bonchev–Trinajstić information content (AvgIpc) is 2.99. The molecule has 1 aliphatic rings. The zero-order chi connectivity index (χ0) is 14.0. The fourth-order valence-corrected chi connectivity index (χ4v) is 2.41. The third-order valence-corrected chi connectivity index (χ3v) is 3.62. The third-order valence-electron chi connectivity index (χ3n) is 3.62. The first-order chi connectivity index (χ1) is 9.84. The van der Waals surface area contributed by atoms with Crippen LogP contribution in [0.15, 0.2) is 30.3 Å². The minimum atomic E-state index is 0.139. The highest BCUT2D eigenvalue weighted by Crippen LogP contribution is 2.13. The van der Waals surface area contributed by atoms with Crippen LogP contribution in [-0.4, -0.2) is 32.1 Å². The zero-order valence-electron chi connectivity index (χ0n) is 11.9. The average molecular weight is 276 g/mol. The Labute approximate surface area is 120 Å². The predicted molar refractivity (Wildman–Crippen MR) is 79.3 cm³/mol. The van der Waals surface area contributed by atoms with E-state index in [9.17, 15) is 4.79 Å². The number of hydrogen-bond acceptors (Lipinski definition) is 3. The monoisotopic (exact) mass is 276 g/mol. The lowest BCUT2D eigenvalue weighted by atomic mass is 10.0. The van der Waals surface area contributed by atoms with Gasteiger partial charge in [-0.25, -0.2) is 0 Å². The second-order valence-electron chi connectivity index (χ2n) is 5.29. The molecule has 1 atom stereocenters. The SMILES string of the molecule is O=C(CCC1CCNC1)NCCOCc1ccccc1. The van der Waals surface area contributed by atoms with Gasteiger partial charge in [0.2, 0.25) is 5.91 Å². The van der Waals surface area contributed by atoms with Gasteiger partial charge < -0.3 is 15.4 Å². The van der Waals surface area contributed by atoms with Crippen LogP contribution in [-0.2, 0) is 16.1 Å². The van der Waals surface area contributed by atoms with Crippen molar-refractivity contribution in [1.29, 1.82) is 0 Å². The number of nitrogens with one attached hydrogen (secondary N) is 2. The lowest BCUT2D eigenvalue weighted by molar-refractivity contribution is -0.121. The summed E-state index contributed by atoms with van der Waals surface area (Å²) in [6.07, 6.45) is 2.82. The van der Waals surface area contributed by atoms with Crippen molar-refractivity contribution in [2.45, 2.75) is 25.9 Å². The molecule has 1 aromatic carbocycles. The topological polar surface area (TPSA) is 50.4 Å². The summed E-state index contributed by atoms with van der Waals surface area (Å²) in [4.78, 5) is 11.6. The van der Waals surface area contributed by atoms with Gasteiger partial charge in [-0.15, -0.1) is 0 Å². The first kappa shape index (κ1) is 15.0. The number of benzene rings is 1. The Kier molecular flexibility index (Phi) is 6.54. The molecule has 0 aliphatic carbocycles. The Bertz CT molecular complexity index is 389. The van der Waals surface area contributed by atoms with Crippen molar-refractivity contribution in [1.82, 2.24) is 10.6 Å². The molecule has 4 heteroatoms. The van der Waals surface area contributed by atoms with E-state index in [2.05, 4.69) is 10.6 Å². The van der Waals surface area contributed by atoms with E-state index in [1.54, 1.807) is 0 Å². The van der Waals surface area contributed by atoms with Gasteiger partial charge in [-0.05, 0) is 37.4 Å². The van der Waals surface area contributed by atoms with Crippen LogP contribution >= 0.6 is 0 Å². The Balaban J connectivity index is 1.47. The van der Waals surface area contributed by atoms with Crippen molar-refractivity contribution in [3.05, 3.63) is 35.9 Å². The summed E-state index contributed by atoms with van der Waals surface area (Å²) in [5, 5.41) is 6.23. The molecule has 0 spiro atoms. The molecule has 20 heavy (non-hydrogen) atoms. The van der Waals surface area contributed by atoms with E-state index in [0.717, 1.165) is 25.1 Å². The van der Waals surface area contributed by atoms with Gasteiger partial charge >= 0.3 is 0 Å². The van der Waals surface area contributed by atoms with Crippen LogP contribution in [0.5, 0.6) is 0 Å². The van der Waals surface area contributed by atoms with Gasteiger partial charge in [0.1, 0.15) is 0 Å². The van der Waals surface area contributed by atoms with Gasteiger partial charge in [-0.1, -0.05) is 30.3 Å². The highest BCUT2D eigenvalue weighted by atomic mass is 16.5. The van der Waals surface area contributed by atoms with Crippen LogP contribution in [0.4, 0.5) is 0 Å². The molecule has 1 unspecified atom stereocenters. The van der Waals surface area contributed by atoms with E-state index in [0.29, 0.717) is 32.1 Å². The smallest absolute Gasteiger partial charge is 0.220 e. The second kappa shape index (κ2) is 8.72. The molecule has 1 aliphatic heterocycles. The molecular weight excluding hydrogens is 252 g/mol. The maximum atomic E-state index is 11.6. The van der Waals surface area contributed by atoms with Gasteiger partial charge in [-0.3, -0.25) is 4.79 Å². The van der Waals surface area contributed by atoms with Crippen molar-refractivity contribution in [2.75, 3.05) is 26.2 Å². The first-order valence-corrected chi connectivity index (χ1v) is 7.43. The molecule has 1 heterocycles. The molecule has 0 aromatic heterocycles. The number of carbonyl (C=O) groups excluding carboxylic acids is 1. The van der Waals surface area contributed by atoms with Gasteiger partial charge in [0.15, 0.2) is 0 Å². The van der Waals surface area contributed by atoms with E-state index in [1.165, 1.54) is 6.42 Å². The van der Waals surface area contributed by atoms with E-state index < -0.39 is 0 Å². The largest absolute Gasteiger partial charge is 0.375 e. The summed E-state index contributed by atoms with van der Waals surface area (Å²) in [6, 6.07) is 10.1. The number of ether oxygens (including phenoxy) is 1. The lowest BCUT2D eigenvalue weighted by Crippen LogP contribution is -2.27. The van der Waals surface area contributed by atoms with Crippen molar-refractivity contribution in [3.8, 4) is 0 Å². The Morgan fingerprint density at radius 3 is 2.95 bits per heavy atom. The van der Waals surface area contributed by atoms with Crippen molar-refractivity contribution >= 4 is 5.91 Å². The summed E-state index contributed by atoms with van der Waals surface area (Å²) in [6.45, 7) is 3.91. The molecule has 1 saturated heterocycles. The molecule has 2 rings (SSSR count). The van der Waals surface area contributed by atoms with Gasteiger partial charge in [-0.2, -0.15) is 0 Å². The summed E-state index contributed by atoms with van der Waals surface area (Å²) in [7, 11) is 0. The van der Waals surface area contributed by atoms with Crippen molar-refractivity contribution < 1.29 is 9.53 Å². The van der Waals surface area contributed by atoms with Crippen LogP contribution in [0.3, 0.4) is 0 Å². The summed E-state index contributed by atoms with van der Waals surface area (Å²) < 4.78 is 5.52. The normalized spacial score (nSPS) is 18.1. The van der Waals surface area contributed by atoms with Crippen LogP contribution in [0, 0.1) is 5.92 Å². The fraction of sp³-hybridized carbons (Fsp3) is 0.562. The fourth-order valence-electron chi connectivity index (χ4n) is 2.41. The molecule has 0 radical (unpaired) electrons. The maximum absolute atomic E-state index is 11.6. The predicted octanol–water partition coefficient (Wildman–Crippen LogP) is 1.71. The van der Waals surface area contributed by atoms with E-state index >= 15 is 0 Å². The zero-order valence-corrected chi connectivity index (χ0v) is 11.9. The molecule has 4 nitrogen and oxygen atoms in total. The molecule has 1 amide bonds. The van der Waals surface area contributed by atoms with Crippen LogP contribution in [0.25, 0.3) is 0 Å².